The number of benzene rings is 1. The number of hydrogen-bond donors (Lipinski definition) is 0. The van der Waals surface area contributed by atoms with Gasteiger partial charge in [-0.15, -0.1) is 0 Å². The van der Waals surface area contributed by atoms with Crippen molar-refractivity contribution in [3.63, 3.8) is 0 Å². The van der Waals surface area contributed by atoms with E-state index in [1.165, 1.54) is 0 Å². The van der Waals surface area contributed by atoms with Crippen LogP contribution in [0.4, 0.5) is 8.78 Å². The van der Waals surface area contributed by atoms with Crippen LogP contribution in [0.15, 0.2) is 18.2 Å². The second-order valence-corrected chi connectivity index (χ2v) is 7.08. The lowest BCUT2D eigenvalue weighted by Crippen LogP contribution is -2.36. The molecule has 2 rings (SSSR count). The minimum Gasteiger partial charge on any atom is -0.298 e. The standard InChI is InChI=1S/C13H14F2O3S/c14-10-5-9(6-11(15)8-10)7-12(16)13-3-1-2-4-19(13,17)18/h5-6,8,13H,1-4,7H2. The first-order valence-electron chi connectivity index (χ1n) is 6.08. The maximum absolute atomic E-state index is 13.0. The monoisotopic (exact) mass is 288 g/mol. The van der Waals surface area contributed by atoms with Gasteiger partial charge in [0, 0.05) is 12.5 Å². The number of sulfone groups is 1. The lowest BCUT2D eigenvalue weighted by molar-refractivity contribution is -0.118. The van der Waals surface area contributed by atoms with Crippen molar-refractivity contribution in [1.82, 2.24) is 0 Å². The molecule has 0 N–H and O–H groups in total. The zero-order valence-electron chi connectivity index (χ0n) is 10.2. The van der Waals surface area contributed by atoms with E-state index in [9.17, 15) is 22.0 Å². The molecular weight excluding hydrogens is 274 g/mol. The summed E-state index contributed by atoms with van der Waals surface area (Å²) >= 11 is 0. The Bertz CT molecular complexity index is 576. The lowest BCUT2D eigenvalue weighted by atomic mass is 10.0. The molecule has 0 spiro atoms. The van der Waals surface area contributed by atoms with Crippen LogP contribution in [0, 0.1) is 11.6 Å². The molecule has 0 aromatic heterocycles. The van der Waals surface area contributed by atoms with Gasteiger partial charge in [-0.05, 0) is 30.5 Å². The zero-order chi connectivity index (χ0) is 14.0. The summed E-state index contributed by atoms with van der Waals surface area (Å²) in [6, 6.07) is 2.82. The van der Waals surface area contributed by atoms with E-state index in [-0.39, 0.29) is 17.7 Å². The van der Waals surface area contributed by atoms with Crippen LogP contribution in [0.2, 0.25) is 0 Å². The number of carbonyl (C=O) groups excluding carboxylic acids is 1. The van der Waals surface area contributed by atoms with Crippen molar-refractivity contribution in [3.05, 3.63) is 35.4 Å². The third-order valence-corrected chi connectivity index (χ3v) is 5.46. The molecule has 1 saturated heterocycles. The van der Waals surface area contributed by atoms with Crippen LogP contribution in [0.5, 0.6) is 0 Å². The quantitative estimate of drug-likeness (QED) is 0.855. The molecule has 0 aliphatic carbocycles. The molecule has 0 bridgehead atoms. The lowest BCUT2D eigenvalue weighted by Gasteiger charge is -2.21. The molecule has 0 saturated carbocycles. The first kappa shape index (κ1) is 14.1. The highest BCUT2D eigenvalue weighted by Crippen LogP contribution is 2.22. The second kappa shape index (κ2) is 5.36. The average Bonchev–Trinajstić information content (AvgIpc) is 2.26. The molecule has 6 heteroatoms. The average molecular weight is 288 g/mol. The zero-order valence-corrected chi connectivity index (χ0v) is 11.1. The topological polar surface area (TPSA) is 51.2 Å². The molecule has 1 aliphatic heterocycles. The minimum atomic E-state index is -3.40. The van der Waals surface area contributed by atoms with Crippen molar-refractivity contribution in [3.8, 4) is 0 Å². The molecular formula is C13H14F2O3S. The van der Waals surface area contributed by atoms with Crippen LogP contribution in [0.25, 0.3) is 0 Å². The highest BCUT2D eigenvalue weighted by molar-refractivity contribution is 7.92. The van der Waals surface area contributed by atoms with Crippen molar-refractivity contribution in [2.45, 2.75) is 30.9 Å². The third kappa shape index (κ3) is 3.37. The normalized spacial score (nSPS) is 22.1. The Kier molecular flexibility index (Phi) is 3.99. The van der Waals surface area contributed by atoms with E-state index in [2.05, 4.69) is 0 Å². The number of hydrogen-bond acceptors (Lipinski definition) is 3. The van der Waals surface area contributed by atoms with Crippen LogP contribution < -0.4 is 0 Å². The Morgan fingerprint density at radius 1 is 1.16 bits per heavy atom. The van der Waals surface area contributed by atoms with Gasteiger partial charge in [0.2, 0.25) is 0 Å². The number of Topliss-reactive ketones (excluding diaryl/α,β-unsaturated/α-hetero) is 1. The SMILES string of the molecule is O=C(Cc1cc(F)cc(F)c1)C1CCCCS1(=O)=O. The van der Waals surface area contributed by atoms with Crippen LogP contribution >= 0.6 is 0 Å². The molecule has 104 valence electrons. The molecule has 1 aromatic rings. The van der Waals surface area contributed by atoms with E-state index in [1.807, 2.05) is 0 Å². The van der Waals surface area contributed by atoms with E-state index in [0.29, 0.717) is 25.3 Å². The Hall–Kier alpha value is -1.30. The van der Waals surface area contributed by atoms with Gasteiger partial charge >= 0.3 is 0 Å². The highest BCUT2D eigenvalue weighted by atomic mass is 32.2. The molecule has 19 heavy (non-hydrogen) atoms. The first-order valence-corrected chi connectivity index (χ1v) is 7.79. The predicted octanol–water partition coefficient (Wildman–Crippen LogP) is 2.04. The third-order valence-electron chi connectivity index (χ3n) is 3.24. The summed E-state index contributed by atoms with van der Waals surface area (Å²) < 4.78 is 49.6. The molecule has 1 heterocycles. The molecule has 1 aliphatic rings. The van der Waals surface area contributed by atoms with Crippen LogP contribution in [-0.2, 0) is 21.1 Å². The molecule has 1 fully saturated rings. The van der Waals surface area contributed by atoms with E-state index in [1.54, 1.807) is 0 Å². The van der Waals surface area contributed by atoms with Gasteiger partial charge in [-0.25, -0.2) is 17.2 Å². The summed E-state index contributed by atoms with van der Waals surface area (Å²) in [6.07, 6.45) is 1.31. The van der Waals surface area contributed by atoms with Crippen molar-refractivity contribution in [2.75, 3.05) is 5.75 Å². The predicted molar refractivity (Wildman–Crippen MR) is 66.5 cm³/mol. The van der Waals surface area contributed by atoms with Gasteiger partial charge < -0.3 is 0 Å². The number of halogens is 2. The number of rotatable bonds is 3. The molecule has 3 nitrogen and oxygen atoms in total. The van der Waals surface area contributed by atoms with Gasteiger partial charge in [0.25, 0.3) is 0 Å². The van der Waals surface area contributed by atoms with E-state index < -0.39 is 32.5 Å². The molecule has 0 radical (unpaired) electrons. The summed E-state index contributed by atoms with van der Waals surface area (Å²) in [4.78, 5) is 12.0. The van der Waals surface area contributed by atoms with Gasteiger partial charge in [0.1, 0.15) is 16.9 Å². The largest absolute Gasteiger partial charge is 0.298 e. The van der Waals surface area contributed by atoms with Crippen LogP contribution in [0.1, 0.15) is 24.8 Å². The van der Waals surface area contributed by atoms with Gasteiger partial charge in [0.05, 0.1) is 5.75 Å². The summed E-state index contributed by atoms with van der Waals surface area (Å²) in [5.74, 6) is -2.01. The van der Waals surface area contributed by atoms with E-state index in [0.717, 1.165) is 12.1 Å². The fourth-order valence-electron chi connectivity index (χ4n) is 2.34. The van der Waals surface area contributed by atoms with Crippen molar-refractivity contribution < 1.29 is 22.0 Å². The van der Waals surface area contributed by atoms with Gasteiger partial charge in [-0.3, -0.25) is 4.79 Å². The van der Waals surface area contributed by atoms with Gasteiger partial charge in [-0.1, -0.05) is 6.42 Å². The van der Waals surface area contributed by atoms with Crippen molar-refractivity contribution in [1.29, 1.82) is 0 Å². The maximum atomic E-state index is 13.0. The van der Waals surface area contributed by atoms with Crippen LogP contribution in [0.3, 0.4) is 0 Å². The van der Waals surface area contributed by atoms with E-state index in [4.69, 9.17) is 0 Å². The highest BCUT2D eigenvalue weighted by Gasteiger charge is 2.34. The Balaban J connectivity index is 2.16. The first-order chi connectivity index (χ1) is 8.88. The van der Waals surface area contributed by atoms with Crippen LogP contribution in [-0.4, -0.2) is 25.2 Å². The summed E-state index contributed by atoms with van der Waals surface area (Å²) in [5, 5.41) is -1.02. The smallest absolute Gasteiger partial charge is 0.160 e. The fourth-order valence-corrected chi connectivity index (χ4v) is 4.24. The fraction of sp³-hybridized carbons (Fsp3) is 0.462. The molecule has 1 aromatic carbocycles. The maximum Gasteiger partial charge on any atom is 0.160 e. The Morgan fingerprint density at radius 3 is 2.37 bits per heavy atom. The van der Waals surface area contributed by atoms with Crippen molar-refractivity contribution in [2.24, 2.45) is 0 Å². The summed E-state index contributed by atoms with van der Waals surface area (Å²) in [5.41, 5.74) is 0.170. The Morgan fingerprint density at radius 2 is 1.79 bits per heavy atom. The summed E-state index contributed by atoms with van der Waals surface area (Å²) in [7, 11) is -3.40. The van der Waals surface area contributed by atoms with Gasteiger partial charge in [0.15, 0.2) is 15.6 Å². The minimum absolute atomic E-state index is 0.0148. The molecule has 1 atom stereocenters. The molecule has 0 amide bonds. The Labute approximate surface area is 110 Å². The number of ketones is 1. The van der Waals surface area contributed by atoms with Crippen molar-refractivity contribution >= 4 is 15.6 Å². The van der Waals surface area contributed by atoms with E-state index >= 15 is 0 Å². The molecule has 1 unspecified atom stereocenters. The number of carbonyl (C=O) groups is 1. The summed E-state index contributed by atoms with van der Waals surface area (Å²) in [6.45, 7) is 0. The van der Waals surface area contributed by atoms with Gasteiger partial charge in [-0.2, -0.15) is 0 Å². The second-order valence-electron chi connectivity index (χ2n) is 4.77.